The summed E-state index contributed by atoms with van der Waals surface area (Å²) in [5.74, 6) is -0.120. The van der Waals surface area contributed by atoms with Crippen LogP contribution in [0.2, 0.25) is 0 Å². The lowest BCUT2D eigenvalue weighted by Crippen LogP contribution is -2.39. The van der Waals surface area contributed by atoms with Gasteiger partial charge < -0.3 is 11.1 Å². The Morgan fingerprint density at radius 3 is 2.47 bits per heavy atom. The maximum Gasteiger partial charge on any atom is 0.237 e. The van der Waals surface area contributed by atoms with Crippen molar-refractivity contribution in [2.75, 3.05) is 0 Å². The first-order chi connectivity index (χ1) is 7.02. The number of carbonyl (C=O) groups excluding carboxylic acids is 1. The Hall–Kier alpha value is -1.35. The molecule has 0 radical (unpaired) electrons. The number of benzene rings is 1. The van der Waals surface area contributed by atoms with Gasteiger partial charge in [-0.3, -0.25) is 4.79 Å². The van der Waals surface area contributed by atoms with Gasteiger partial charge in [0.1, 0.15) is 0 Å². The van der Waals surface area contributed by atoms with E-state index in [1.807, 2.05) is 38.1 Å². The van der Waals surface area contributed by atoms with Crippen molar-refractivity contribution < 1.29 is 4.79 Å². The van der Waals surface area contributed by atoms with Crippen LogP contribution < -0.4 is 11.1 Å². The number of nitrogens with one attached hydrogen (secondary N) is 1. The molecule has 3 N–H and O–H groups in total. The maximum atomic E-state index is 11.4. The molecule has 15 heavy (non-hydrogen) atoms. The summed E-state index contributed by atoms with van der Waals surface area (Å²) in [7, 11) is 0. The summed E-state index contributed by atoms with van der Waals surface area (Å²) in [6.07, 6.45) is 0. The summed E-state index contributed by atoms with van der Waals surface area (Å²) >= 11 is 0. The van der Waals surface area contributed by atoms with Crippen LogP contribution in [0.4, 0.5) is 0 Å². The molecule has 1 amide bonds. The van der Waals surface area contributed by atoms with Gasteiger partial charge in [-0.25, -0.2) is 0 Å². The molecule has 0 aliphatic carbocycles. The zero-order valence-electron chi connectivity index (χ0n) is 9.45. The highest BCUT2D eigenvalue weighted by Gasteiger charge is 2.13. The number of amides is 1. The van der Waals surface area contributed by atoms with Crippen molar-refractivity contribution >= 4 is 5.91 Å². The van der Waals surface area contributed by atoms with Gasteiger partial charge in [0.25, 0.3) is 0 Å². The standard InChI is InChI=1S/C12H18N2O/c1-8-6-4-5-7-11(8)10(3)14-12(15)9(2)13/h4-7,9-10H,13H2,1-3H3,(H,14,15)/t9-,10+/m1/s1. The second kappa shape index (κ2) is 4.94. The molecular weight excluding hydrogens is 188 g/mol. The van der Waals surface area contributed by atoms with E-state index >= 15 is 0 Å². The molecule has 0 heterocycles. The van der Waals surface area contributed by atoms with Crippen LogP contribution in [0.15, 0.2) is 24.3 Å². The molecular formula is C12H18N2O. The van der Waals surface area contributed by atoms with Gasteiger partial charge >= 0.3 is 0 Å². The first-order valence-corrected chi connectivity index (χ1v) is 5.14. The number of rotatable bonds is 3. The molecule has 1 aromatic rings. The van der Waals surface area contributed by atoms with Crippen molar-refractivity contribution in [1.82, 2.24) is 5.32 Å². The van der Waals surface area contributed by atoms with Gasteiger partial charge in [-0.1, -0.05) is 24.3 Å². The molecule has 0 fully saturated rings. The Morgan fingerprint density at radius 2 is 1.93 bits per heavy atom. The maximum absolute atomic E-state index is 11.4. The topological polar surface area (TPSA) is 55.1 Å². The molecule has 0 saturated carbocycles. The zero-order valence-corrected chi connectivity index (χ0v) is 9.45. The first-order valence-electron chi connectivity index (χ1n) is 5.14. The van der Waals surface area contributed by atoms with E-state index in [0.717, 1.165) is 5.56 Å². The van der Waals surface area contributed by atoms with Gasteiger partial charge in [-0.15, -0.1) is 0 Å². The highest BCUT2D eigenvalue weighted by atomic mass is 16.2. The van der Waals surface area contributed by atoms with Crippen molar-refractivity contribution in [3.63, 3.8) is 0 Å². The van der Waals surface area contributed by atoms with E-state index < -0.39 is 6.04 Å². The van der Waals surface area contributed by atoms with Crippen molar-refractivity contribution in [3.05, 3.63) is 35.4 Å². The fourth-order valence-electron chi connectivity index (χ4n) is 1.50. The molecule has 1 aromatic carbocycles. The molecule has 3 heteroatoms. The number of nitrogens with two attached hydrogens (primary N) is 1. The van der Waals surface area contributed by atoms with Gasteiger partial charge in [0.05, 0.1) is 12.1 Å². The second-order valence-electron chi connectivity index (χ2n) is 3.88. The van der Waals surface area contributed by atoms with Crippen LogP contribution in [0, 0.1) is 6.92 Å². The smallest absolute Gasteiger partial charge is 0.237 e. The Balaban J connectivity index is 2.73. The fraction of sp³-hybridized carbons (Fsp3) is 0.417. The van der Waals surface area contributed by atoms with E-state index in [1.54, 1.807) is 6.92 Å². The van der Waals surface area contributed by atoms with Gasteiger partial charge in [-0.2, -0.15) is 0 Å². The third-order valence-electron chi connectivity index (χ3n) is 2.43. The summed E-state index contributed by atoms with van der Waals surface area (Å²) in [5, 5.41) is 2.87. The van der Waals surface area contributed by atoms with Crippen LogP contribution in [-0.2, 0) is 4.79 Å². The molecule has 0 aliphatic heterocycles. The quantitative estimate of drug-likeness (QED) is 0.787. The predicted octanol–water partition coefficient (Wildman–Crippen LogP) is 1.52. The summed E-state index contributed by atoms with van der Waals surface area (Å²) in [6.45, 7) is 5.67. The lowest BCUT2D eigenvalue weighted by Gasteiger charge is -2.17. The van der Waals surface area contributed by atoms with Gasteiger partial charge in [0.2, 0.25) is 5.91 Å². The molecule has 0 aliphatic rings. The minimum Gasteiger partial charge on any atom is -0.348 e. The molecule has 0 bridgehead atoms. The molecule has 0 saturated heterocycles. The SMILES string of the molecule is Cc1ccccc1[C@H](C)NC(=O)[C@@H](C)N. The van der Waals surface area contributed by atoms with Crippen molar-refractivity contribution in [3.8, 4) is 0 Å². The summed E-state index contributed by atoms with van der Waals surface area (Å²) in [6, 6.07) is 7.54. The fourth-order valence-corrected chi connectivity index (χ4v) is 1.50. The molecule has 2 atom stereocenters. The Bertz CT molecular complexity index is 347. The third kappa shape index (κ3) is 3.06. The number of carbonyl (C=O) groups is 1. The van der Waals surface area contributed by atoms with Crippen LogP contribution >= 0.6 is 0 Å². The van der Waals surface area contributed by atoms with Crippen molar-refractivity contribution in [1.29, 1.82) is 0 Å². The number of hydrogen-bond donors (Lipinski definition) is 2. The van der Waals surface area contributed by atoms with E-state index in [0.29, 0.717) is 0 Å². The molecule has 0 aromatic heterocycles. The average molecular weight is 206 g/mol. The monoisotopic (exact) mass is 206 g/mol. The van der Waals surface area contributed by atoms with Crippen LogP contribution in [0.1, 0.15) is 31.0 Å². The summed E-state index contributed by atoms with van der Waals surface area (Å²) < 4.78 is 0. The minimum atomic E-state index is -0.462. The first kappa shape index (κ1) is 11.7. The molecule has 1 rings (SSSR count). The molecule has 82 valence electrons. The van der Waals surface area contributed by atoms with E-state index in [4.69, 9.17) is 5.73 Å². The van der Waals surface area contributed by atoms with Crippen LogP contribution in [0.3, 0.4) is 0 Å². The average Bonchev–Trinajstić information content (AvgIpc) is 2.18. The van der Waals surface area contributed by atoms with E-state index in [9.17, 15) is 4.79 Å². The Kier molecular flexibility index (Phi) is 3.86. The van der Waals surface area contributed by atoms with Crippen LogP contribution in [-0.4, -0.2) is 11.9 Å². The van der Waals surface area contributed by atoms with Gasteiger partial charge in [-0.05, 0) is 31.9 Å². The van der Waals surface area contributed by atoms with Gasteiger partial charge in [0.15, 0.2) is 0 Å². The lowest BCUT2D eigenvalue weighted by atomic mass is 10.0. The minimum absolute atomic E-state index is 0.00435. The Morgan fingerprint density at radius 1 is 1.33 bits per heavy atom. The summed E-state index contributed by atoms with van der Waals surface area (Å²) in [5.41, 5.74) is 7.80. The molecule has 0 unspecified atom stereocenters. The van der Waals surface area contributed by atoms with Crippen LogP contribution in [0.5, 0.6) is 0 Å². The van der Waals surface area contributed by atoms with E-state index in [1.165, 1.54) is 5.56 Å². The number of aryl methyl sites for hydroxylation is 1. The van der Waals surface area contributed by atoms with E-state index in [-0.39, 0.29) is 11.9 Å². The van der Waals surface area contributed by atoms with Crippen molar-refractivity contribution in [2.24, 2.45) is 5.73 Å². The normalized spacial score (nSPS) is 14.4. The zero-order chi connectivity index (χ0) is 11.4. The number of hydrogen-bond acceptors (Lipinski definition) is 2. The Labute approximate surface area is 90.7 Å². The summed E-state index contributed by atoms with van der Waals surface area (Å²) in [4.78, 5) is 11.4. The molecule has 0 spiro atoms. The van der Waals surface area contributed by atoms with E-state index in [2.05, 4.69) is 5.32 Å². The predicted molar refractivity (Wildman–Crippen MR) is 61.4 cm³/mol. The molecule has 3 nitrogen and oxygen atoms in total. The largest absolute Gasteiger partial charge is 0.348 e. The van der Waals surface area contributed by atoms with Crippen molar-refractivity contribution in [2.45, 2.75) is 32.9 Å². The lowest BCUT2D eigenvalue weighted by molar-refractivity contribution is -0.122. The third-order valence-corrected chi connectivity index (χ3v) is 2.43. The van der Waals surface area contributed by atoms with Gasteiger partial charge in [0, 0.05) is 0 Å². The highest BCUT2D eigenvalue weighted by molar-refractivity contribution is 5.81. The van der Waals surface area contributed by atoms with Crippen LogP contribution in [0.25, 0.3) is 0 Å². The second-order valence-corrected chi connectivity index (χ2v) is 3.88. The highest BCUT2D eigenvalue weighted by Crippen LogP contribution is 2.16.